The van der Waals surface area contributed by atoms with Crippen molar-refractivity contribution in [3.8, 4) is 0 Å². The van der Waals surface area contributed by atoms with Gasteiger partial charge in [0, 0.05) is 12.6 Å². The van der Waals surface area contributed by atoms with Crippen molar-refractivity contribution in [2.45, 2.75) is 57.1 Å². The van der Waals surface area contributed by atoms with Crippen molar-refractivity contribution in [1.82, 2.24) is 5.32 Å². The monoisotopic (exact) mass is 291 g/mol. The highest BCUT2D eigenvalue weighted by Gasteiger charge is 2.44. The largest absolute Gasteiger partial charge is 0.375 e. The first-order chi connectivity index (χ1) is 10.2. The van der Waals surface area contributed by atoms with Crippen LogP contribution in [-0.4, -0.2) is 24.8 Å². The van der Waals surface area contributed by atoms with Crippen LogP contribution in [0.1, 0.15) is 44.6 Å². The number of rotatable bonds is 5. The molecule has 21 heavy (non-hydrogen) atoms. The maximum Gasteiger partial charge on any atom is 0.123 e. The van der Waals surface area contributed by atoms with Gasteiger partial charge in [-0.25, -0.2) is 4.39 Å². The van der Waals surface area contributed by atoms with Crippen molar-refractivity contribution in [2.75, 3.05) is 13.2 Å². The van der Waals surface area contributed by atoms with E-state index >= 15 is 0 Å². The summed E-state index contributed by atoms with van der Waals surface area (Å²) in [5.41, 5.74) is 1.41. The summed E-state index contributed by atoms with van der Waals surface area (Å²) in [6, 6.07) is 7.43. The van der Waals surface area contributed by atoms with Gasteiger partial charge in [0.1, 0.15) is 5.82 Å². The summed E-state index contributed by atoms with van der Waals surface area (Å²) in [6.45, 7) is 4.04. The van der Waals surface area contributed by atoms with Crippen LogP contribution in [-0.2, 0) is 11.2 Å². The average Bonchev–Trinajstić information content (AvgIpc) is 2.47. The molecule has 1 heterocycles. The molecule has 3 rings (SSSR count). The minimum absolute atomic E-state index is 0.154. The van der Waals surface area contributed by atoms with Crippen LogP contribution < -0.4 is 5.32 Å². The van der Waals surface area contributed by atoms with E-state index in [0.717, 1.165) is 26.0 Å². The zero-order valence-electron chi connectivity index (χ0n) is 12.9. The van der Waals surface area contributed by atoms with E-state index in [1.54, 1.807) is 12.1 Å². The molecular formula is C18H26FNO. The number of benzene rings is 1. The summed E-state index contributed by atoms with van der Waals surface area (Å²) in [5, 5.41) is 3.65. The lowest BCUT2D eigenvalue weighted by Gasteiger charge is -2.49. The Morgan fingerprint density at radius 3 is 2.71 bits per heavy atom. The van der Waals surface area contributed by atoms with Crippen LogP contribution in [0.4, 0.5) is 4.39 Å². The summed E-state index contributed by atoms with van der Waals surface area (Å²) in [6.07, 6.45) is 7.09. The zero-order valence-corrected chi connectivity index (χ0v) is 12.9. The standard InChI is InChI=1S/C18H26FNO/c1-2-20-17(12-14-4-6-16(19)7-5-14)15-8-11-21-18(13-15)9-3-10-18/h4-7,15,17,20H,2-3,8-13H2,1H3. The van der Waals surface area contributed by atoms with Crippen LogP contribution in [0.15, 0.2) is 24.3 Å². The number of hydrogen-bond donors (Lipinski definition) is 1. The minimum Gasteiger partial charge on any atom is -0.375 e. The highest BCUT2D eigenvalue weighted by Crippen LogP contribution is 2.45. The smallest absolute Gasteiger partial charge is 0.123 e. The highest BCUT2D eigenvalue weighted by atomic mass is 19.1. The van der Waals surface area contributed by atoms with Gasteiger partial charge in [-0.15, -0.1) is 0 Å². The maximum absolute atomic E-state index is 13.0. The Morgan fingerprint density at radius 2 is 2.10 bits per heavy atom. The van der Waals surface area contributed by atoms with Crippen LogP contribution in [0.2, 0.25) is 0 Å². The fraction of sp³-hybridized carbons (Fsp3) is 0.667. The molecule has 1 aliphatic carbocycles. The second-order valence-electron chi connectivity index (χ2n) is 6.63. The molecule has 2 fully saturated rings. The second kappa shape index (κ2) is 6.45. The predicted octanol–water partition coefficient (Wildman–Crippen LogP) is 3.70. The Bertz CT molecular complexity index is 455. The molecule has 0 aromatic heterocycles. The normalized spacial score (nSPS) is 25.5. The van der Waals surface area contributed by atoms with Gasteiger partial charge in [0.15, 0.2) is 0 Å². The molecule has 1 spiro atoms. The molecule has 3 heteroatoms. The number of nitrogens with one attached hydrogen (secondary N) is 1. The molecule has 1 saturated heterocycles. The summed E-state index contributed by atoms with van der Waals surface area (Å²) >= 11 is 0. The van der Waals surface area contributed by atoms with E-state index in [-0.39, 0.29) is 11.4 Å². The Kier molecular flexibility index (Phi) is 4.60. The minimum atomic E-state index is -0.154. The average molecular weight is 291 g/mol. The molecule has 1 aliphatic heterocycles. The lowest BCUT2D eigenvalue weighted by molar-refractivity contribution is -0.147. The third kappa shape index (κ3) is 3.46. The highest BCUT2D eigenvalue weighted by molar-refractivity contribution is 5.17. The van der Waals surface area contributed by atoms with Crippen molar-refractivity contribution in [1.29, 1.82) is 0 Å². The molecular weight excluding hydrogens is 265 g/mol. The van der Waals surface area contributed by atoms with E-state index in [4.69, 9.17) is 4.74 Å². The first kappa shape index (κ1) is 15.0. The molecule has 0 radical (unpaired) electrons. The van der Waals surface area contributed by atoms with Gasteiger partial charge in [-0.2, -0.15) is 0 Å². The SMILES string of the molecule is CCNC(Cc1ccc(F)cc1)C1CCOC2(CCC2)C1. The molecule has 1 saturated carbocycles. The van der Waals surface area contributed by atoms with Crippen LogP contribution in [0, 0.1) is 11.7 Å². The van der Waals surface area contributed by atoms with Crippen molar-refractivity contribution in [2.24, 2.45) is 5.92 Å². The number of ether oxygens (including phenoxy) is 1. The molecule has 0 bridgehead atoms. The molecule has 0 amide bonds. The third-order valence-electron chi connectivity index (χ3n) is 5.20. The van der Waals surface area contributed by atoms with E-state index in [9.17, 15) is 4.39 Å². The van der Waals surface area contributed by atoms with Gasteiger partial charge >= 0.3 is 0 Å². The molecule has 2 atom stereocenters. The number of hydrogen-bond acceptors (Lipinski definition) is 2. The second-order valence-corrected chi connectivity index (χ2v) is 6.63. The van der Waals surface area contributed by atoms with Crippen LogP contribution >= 0.6 is 0 Å². The Morgan fingerprint density at radius 1 is 1.33 bits per heavy atom. The van der Waals surface area contributed by atoms with E-state index < -0.39 is 0 Å². The summed E-state index contributed by atoms with van der Waals surface area (Å²) < 4.78 is 19.1. The van der Waals surface area contributed by atoms with E-state index in [2.05, 4.69) is 12.2 Å². The molecule has 1 aromatic rings. The topological polar surface area (TPSA) is 21.3 Å². The third-order valence-corrected chi connectivity index (χ3v) is 5.20. The summed E-state index contributed by atoms with van der Waals surface area (Å²) in [5.74, 6) is 0.516. The lowest BCUT2D eigenvalue weighted by Crippen LogP contribution is -2.50. The maximum atomic E-state index is 13.0. The van der Waals surface area contributed by atoms with Gasteiger partial charge < -0.3 is 10.1 Å². The molecule has 116 valence electrons. The molecule has 2 aliphatic rings. The van der Waals surface area contributed by atoms with E-state index in [1.807, 2.05) is 12.1 Å². The first-order valence-electron chi connectivity index (χ1n) is 8.32. The molecule has 2 unspecified atom stereocenters. The quantitative estimate of drug-likeness (QED) is 0.893. The van der Waals surface area contributed by atoms with Gasteiger partial charge in [0.25, 0.3) is 0 Å². The van der Waals surface area contributed by atoms with E-state index in [1.165, 1.54) is 31.2 Å². The van der Waals surface area contributed by atoms with Gasteiger partial charge in [-0.1, -0.05) is 19.1 Å². The zero-order chi connectivity index (χ0) is 14.7. The van der Waals surface area contributed by atoms with Crippen LogP contribution in [0.25, 0.3) is 0 Å². The fourth-order valence-corrected chi connectivity index (χ4v) is 3.87. The first-order valence-corrected chi connectivity index (χ1v) is 8.32. The van der Waals surface area contributed by atoms with Crippen molar-refractivity contribution in [3.05, 3.63) is 35.6 Å². The summed E-state index contributed by atoms with van der Waals surface area (Å²) in [4.78, 5) is 0. The van der Waals surface area contributed by atoms with Crippen molar-refractivity contribution in [3.63, 3.8) is 0 Å². The van der Waals surface area contributed by atoms with Gasteiger partial charge in [-0.05, 0) is 68.7 Å². The Labute approximate surface area is 127 Å². The number of likely N-dealkylation sites (N-methyl/N-ethyl adjacent to an activating group) is 1. The Hall–Kier alpha value is -0.930. The Balaban J connectivity index is 1.66. The van der Waals surface area contributed by atoms with Gasteiger partial charge in [-0.3, -0.25) is 0 Å². The molecule has 2 nitrogen and oxygen atoms in total. The lowest BCUT2D eigenvalue weighted by atomic mass is 9.70. The predicted molar refractivity (Wildman–Crippen MR) is 82.8 cm³/mol. The van der Waals surface area contributed by atoms with Crippen molar-refractivity contribution >= 4 is 0 Å². The number of halogens is 1. The van der Waals surface area contributed by atoms with Gasteiger partial charge in [0.2, 0.25) is 0 Å². The van der Waals surface area contributed by atoms with Gasteiger partial charge in [0.05, 0.1) is 5.60 Å². The molecule has 1 N–H and O–H groups in total. The van der Waals surface area contributed by atoms with Crippen LogP contribution in [0.3, 0.4) is 0 Å². The fourth-order valence-electron chi connectivity index (χ4n) is 3.87. The molecule has 1 aromatic carbocycles. The van der Waals surface area contributed by atoms with Crippen LogP contribution in [0.5, 0.6) is 0 Å². The summed E-state index contributed by atoms with van der Waals surface area (Å²) in [7, 11) is 0. The van der Waals surface area contributed by atoms with E-state index in [0.29, 0.717) is 12.0 Å². The van der Waals surface area contributed by atoms with Crippen molar-refractivity contribution < 1.29 is 9.13 Å².